The van der Waals surface area contributed by atoms with Crippen LogP contribution in [0.5, 0.6) is 5.75 Å². The fourth-order valence-electron chi connectivity index (χ4n) is 2.30. The fourth-order valence-corrected chi connectivity index (χ4v) is 2.30. The van der Waals surface area contributed by atoms with Crippen molar-refractivity contribution < 1.29 is 9.53 Å². The first kappa shape index (κ1) is 12.9. The third-order valence-corrected chi connectivity index (χ3v) is 3.24. The van der Waals surface area contributed by atoms with Crippen LogP contribution in [0.15, 0.2) is 24.3 Å². The van der Waals surface area contributed by atoms with E-state index in [-0.39, 0.29) is 5.91 Å². The van der Waals surface area contributed by atoms with Crippen molar-refractivity contribution in [3.8, 4) is 5.75 Å². The zero-order valence-corrected chi connectivity index (χ0v) is 11.0. The maximum Gasteiger partial charge on any atom is 0.224 e. The van der Waals surface area contributed by atoms with Crippen molar-refractivity contribution in [3.63, 3.8) is 0 Å². The van der Waals surface area contributed by atoms with Gasteiger partial charge in [0.1, 0.15) is 5.75 Å². The van der Waals surface area contributed by atoms with Gasteiger partial charge in [-0.25, -0.2) is 0 Å². The number of hydrogen-bond donors (Lipinski definition) is 1. The molecule has 1 aliphatic rings. The molecule has 1 aromatic rings. The minimum Gasteiger partial charge on any atom is -0.497 e. The van der Waals surface area contributed by atoms with E-state index in [0.717, 1.165) is 24.4 Å². The van der Waals surface area contributed by atoms with Gasteiger partial charge in [-0.15, -0.1) is 0 Å². The van der Waals surface area contributed by atoms with E-state index in [1.807, 2.05) is 29.2 Å². The quantitative estimate of drug-likeness (QED) is 0.856. The molecule has 4 heteroatoms. The highest BCUT2D eigenvalue weighted by Gasteiger charge is 2.28. The number of rotatable bonds is 5. The van der Waals surface area contributed by atoms with Crippen molar-refractivity contribution in [2.24, 2.45) is 0 Å². The Bertz CT molecular complexity index is 403. The topological polar surface area (TPSA) is 41.6 Å². The normalized spacial score (nSPS) is 19.3. The van der Waals surface area contributed by atoms with Gasteiger partial charge >= 0.3 is 0 Å². The highest BCUT2D eigenvalue weighted by molar-refractivity contribution is 5.79. The zero-order chi connectivity index (χ0) is 13.0. The number of carbonyl (C=O) groups is 1. The van der Waals surface area contributed by atoms with E-state index in [1.54, 1.807) is 7.11 Å². The predicted octanol–water partition coefficient (Wildman–Crippen LogP) is 1.41. The van der Waals surface area contributed by atoms with Crippen LogP contribution >= 0.6 is 0 Å². The second kappa shape index (κ2) is 5.87. The van der Waals surface area contributed by atoms with E-state index >= 15 is 0 Å². The summed E-state index contributed by atoms with van der Waals surface area (Å²) in [4.78, 5) is 13.8. The predicted molar refractivity (Wildman–Crippen MR) is 70.5 cm³/mol. The molecule has 1 saturated heterocycles. The molecule has 1 fully saturated rings. The Morgan fingerprint density at radius 3 is 2.72 bits per heavy atom. The molecule has 1 heterocycles. The van der Waals surface area contributed by atoms with E-state index < -0.39 is 0 Å². The molecule has 1 aliphatic heterocycles. The van der Waals surface area contributed by atoms with Crippen LogP contribution in [0.4, 0.5) is 0 Å². The van der Waals surface area contributed by atoms with Crippen molar-refractivity contribution in [2.45, 2.75) is 25.9 Å². The molecule has 0 saturated carbocycles. The summed E-state index contributed by atoms with van der Waals surface area (Å²) in [6, 6.07) is 8.18. The Morgan fingerprint density at radius 1 is 1.39 bits per heavy atom. The molecule has 1 N–H and O–H groups in total. The molecule has 2 rings (SSSR count). The van der Waals surface area contributed by atoms with E-state index in [9.17, 15) is 4.79 Å². The van der Waals surface area contributed by atoms with Crippen molar-refractivity contribution in [1.82, 2.24) is 10.2 Å². The molecule has 0 spiro atoms. The molecule has 1 atom stereocenters. The van der Waals surface area contributed by atoms with E-state index in [1.165, 1.54) is 0 Å². The van der Waals surface area contributed by atoms with Gasteiger partial charge in [-0.3, -0.25) is 4.79 Å². The molecule has 0 bridgehead atoms. The van der Waals surface area contributed by atoms with Gasteiger partial charge in [0.15, 0.2) is 0 Å². The van der Waals surface area contributed by atoms with Gasteiger partial charge in [0.2, 0.25) is 5.91 Å². The smallest absolute Gasteiger partial charge is 0.224 e. The molecule has 1 unspecified atom stereocenters. The van der Waals surface area contributed by atoms with Gasteiger partial charge in [-0.2, -0.15) is 0 Å². The average Bonchev–Trinajstić information content (AvgIpc) is 2.71. The third kappa shape index (κ3) is 3.01. The van der Waals surface area contributed by atoms with Gasteiger partial charge in [0.25, 0.3) is 0 Å². The van der Waals surface area contributed by atoms with Crippen LogP contribution in [0.25, 0.3) is 0 Å². The van der Waals surface area contributed by atoms with Gasteiger partial charge in [0.05, 0.1) is 7.11 Å². The van der Waals surface area contributed by atoms with E-state index in [4.69, 9.17) is 4.74 Å². The summed E-state index contributed by atoms with van der Waals surface area (Å²) in [6.07, 6.45) is 0.615. The van der Waals surface area contributed by atoms with Crippen molar-refractivity contribution >= 4 is 5.91 Å². The lowest BCUT2D eigenvalue weighted by molar-refractivity contribution is -0.128. The van der Waals surface area contributed by atoms with Crippen LogP contribution in [0, 0.1) is 0 Å². The number of likely N-dealkylation sites (tertiary alicyclic amines) is 1. The van der Waals surface area contributed by atoms with Crippen LogP contribution in [-0.2, 0) is 11.3 Å². The van der Waals surface area contributed by atoms with E-state index in [2.05, 4.69) is 12.2 Å². The molecule has 98 valence electrons. The van der Waals surface area contributed by atoms with Crippen LogP contribution in [-0.4, -0.2) is 37.0 Å². The standard InChI is InChI=1S/C14H20N2O2/c1-3-15-12-8-14(17)16(10-12)9-11-4-6-13(18-2)7-5-11/h4-7,12,15H,3,8-10H2,1-2H3. The molecule has 0 aliphatic carbocycles. The lowest BCUT2D eigenvalue weighted by Crippen LogP contribution is -2.32. The maximum atomic E-state index is 11.8. The second-order valence-electron chi connectivity index (χ2n) is 4.58. The highest BCUT2D eigenvalue weighted by atomic mass is 16.5. The minimum absolute atomic E-state index is 0.233. The number of benzene rings is 1. The monoisotopic (exact) mass is 248 g/mol. The third-order valence-electron chi connectivity index (χ3n) is 3.24. The number of methoxy groups -OCH3 is 1. The molecule has 0 radical (unpaired) electrons. The van der Waals surface area contributed by atoms with Crippen LogP contribution in [0.1, 0.15) is 18.9 Å². The molecular formula is C14H20N2O2. The Balaban J connectivity index is 1.94. The number of amides is 1. The van der Waals surface area contributed by atoms with Gasteiger partial charge in [-0.05, 0) is 24.2 Å². The molecule has 0 aromatic heterocycles. The van der Waals surface area contributed by atoms with Crippen molar-refractivity contribution in [2.75, 3.05) is 20.2 Å². The Kier molecular flexibility index (Phi) is 4.20. The molecular weight excluding hydrogens is 228 g/mol. The molecule has 1 amide bonds. The lowest BCUT2D eigenvalue weighted by atomic mass is 10.2. The van der Waals surface area contributed by atoms with Crippen LogP contribution < -0.4 is 10.1 Å². The summed E-state index contributed by atoms with van der Waals surface area (Å²) in [6.45, 7) is 4.47. The molecule has 4 nitrogen and oxygen atoms in total. The summed E-state index contributed by atoms with van der Waals surface area (Å²) in [7, 11) is 1.65. The van der Waals surface area contributed by atoms with Gasteiger partial charge < -0.3 is 15.0 Å². The Labute approximate surface area is 108 Å². The first-order chi connectivity index (χ1) is 8.72. The number of hydrogen-bond acceptors (Lipinski definition) is 3. The number of likely N-dealkylation sites (N-methyl/N-ethyl adjacent to an activating group) is 1. The number of nitrogens with zero attached hydrogens (tertiary/aromatic N) is 1. The summed E-state index contributed by atoms with van der Waals surface area (Å²) in [5, 5.41) is 3.33. The number of ether oxygens (including phenoxy) is 1. The first-order valence-corrected chi connectivity index (χ1v) is 6.37. The summed E-state index contributed by atoms with van der Waals surface area (Å²) in [5.74, 6) is 1.08. The average molecular weight is 248 g/mol. The van der Waals surface area contributed by atoms with Gasteiger partial charge in [-0.1, -0.05) is 19.1 Å². The minimum atomic E-state index is 0.233. The molecule has 1 aromatic carbocycles. The Hall–Kier alpha value is -1.55. The Morgan fingerprint density at radius 2 is 2.11 bits per heavy atom. The fraction of sp³-hybridized carbons (Fsp3) is 0.500. The van der Waals surface area contributed by atoms with Crippen LogP contribution in [0.3, 0.4) is 0 Å². The van der Waals surface area contributed by atoms with Crippen molar-refractivity contribution in [3.05, 3.63) is 29.8 Å². The summed E-state index contributed by atoms with van der Waals surface area (Å²) < 4.78 is 5.12. The molecule has 18 heavy (non-hydrogen) atoms. The second-order valence-corrected chi connectivity index (χ2v) is 4.58. The number of nitrogens with one attached hydrogen (secondary N) is 1. The van der Waals surface area contributed by atoms with Crippen LogP contribution in [0.2, 0.25) is 0 Å². The summed E-state index contributed by atoms with van der Waals surface area (Å²) >= 11 is 0. The summed E-state index contributed by atoms with van der Waals surface area (Å²) in [5.41, 5.74) is 1.14. The van der Waals surface area contributed by atoms with E-state index in [0.29, 0.717) is 19.0 Å². The zero-order valence-electron chi connectivity index (χ0n) is 11.0. The maximum absolute atomic E-state index is 11.8. The SMILES string of the molecule is CCNC1CC(=O)N(Cc2ccc(OC)cc2)C1. The largest absolute Gasteiger partial charge is 0.497 e. The lowest BCUT2D eigenvalue weighted by Gasteiger charge is -2.17. The van der Waals surface area contributed by atoms with Crippen molar-refractivity contribution in [1.29, 1.82) is 0 Å². The van der Waals surface area contributed by atoms with Gasteiger partial charge in [0, 0.05) is 25.6 Å². The number of carbonyl (C=O) groups excluding carboxylic acids is 1. The first-order valence-electron chi connectivity index (χ1n) is 6.37. The highest BCUT2D eigenvalue weighted by Crippen LogP contribution is 2.17.